The normalized spacial score (nSPS) is 21.9. The Bertz CT molecular complexity index is 164. The van der Waals surface area contributed by atoms with Crippen LogP contribution in [0.3, 0.4) is 0 Å². The van der Waals surface area contributed by atoms with Crippen LogP contribution in [-0.4, -0.2) is 39.0 Å². The molecule has 1 rings (SSSR count). The quantitative estimate of drug-likeness (QED) is 0.624. The first-order valence-corrected chi connectivity index (χ1v) is 5.14. The van der Waals surface area contributed by atoms with Crippen LogP contribution in [0.2, 0.25) is 0 Å². The Kier molecular flexibility index (Phi) is 5.56. The molecule has 0 saturated carbocycles. The number of carbonyl (C=O) groups excluding carboxylic acids is 1. The maximum atomic E-state index is 10.9. The lowest BCUT2D eigenvalue weighted by molar-refractivity contribution is -0.149. The number of esters is 1. The van der Waals surface area contributed by atoms with Gasteiger partial charge in [0.15, 0.2) is 0 Å². The van der Waals surface area contributed by atoms with Gasteiger partial charge in [-0.1, -0.05) is 0 Å². The standard InChI is InChI=1S/C10H18O4/c1-2-14-10(11)8-13-7-9-4-3-5-12-6-9/h9H,2-8H2,1H3. The largest absolute Gasteiger partial charge is 0.464 e. The van der Waals surface area contributed by atoms with Crippen LogP contribution >= 0.6 is 0 Å². The zero-order valence-corrected chi connectivity index (χ0v) is 8.66. The van der Waals surface area contributed by atoms with E-state index in [-0.39, 0.29) is 12.6 Å². The Morgan fingerprint density at radius 3 is 3.07 bits per heavy atom. The highest BCUT2D eigenvalue weighted by molar-refractivity contribution is 5.70. The molecule has 0 amide bonds. The van der Waals surface area contributed by atoms with Crippen molar-refractivity contribution in [3.05, 3.63) is 0 Å². The van der Waals surface area contributed by atoms with Gasteiger partial charge in [-0.25, -0.2) is 4.79 Å². The van der Waals surface area contributed by atoms with Gasteiger partial charge >= 0.3 is 5.97 Å². The summed E-state index contributed by atoms with van der Waals surface area (Å²) in [4.78, 5) is 10.9. The lowest BCUT2D eigenvalue weighted by atomic mass is 10.0. The average Bonchev–Trinajstić information content (AvgIpc) is 2.20. The van der Waals surface area contributed by atoms with Crippen molar-refractivity contribution in [2.24, 2.45) is 5.92 Å². The fourth-order valence-corrected chi connectivity index (χ4v) is 1.45. The minimum atomic E-state index is -0.288. The van der Waals surface area contributed by atoms with Crippen molar-refractivity contribution in [2.75, 3.05) is 33.0 Å². The van der Waals surface area contributed by atoms with E-state index < -0.39 is 0 Å². The molecule has 0 N–H and O–H groups in total. The second-order valence-electron chi connectivity index (χ2n) is 3.40. The first-order chi connectivity index (χ1) is 6.83. The van der Waals surface area contributed by atoms with Gasteiger partial charge in [-0.2, -0.15) is 0 Å². The van der Waals surface area contributed by atoms with Crippen LogP contribution in [0.5, 0.6) is 0 Å². The molecule has 0 aromatic carbocycles. The van der Waals surface area contributed by atoms with Crippen LogP contribution in [0.4, 0.5) is 0 Å². The second kappa shape index (κ2) is 6.79. The number of carbonyl (C=O) groups is 1. The van der Waals surface area contributed by atoms with Crippen LogP contribution in [0.1, 0.15) is 19.8 Å². The molecule has 1 saturated heterocycles. The van der Waals surface area contributed by atoms with Crippen molar-refractivity contribution >= 4 is 5.97 Å². The van der Waals surface area contributed by atoms with Crippen molar-refractivity contribution in [1.82, 2.24) is 0 Å². The number of hydrogen-bond donors (Lipinski definition) is 0. The molecule has 0 bridgehead atoms. The van der Waals surface area contributed by atoms with E-state index in [1.165, 1.54) is 0 Å². The van der Waals surface area contributed by atoms with Gasteiger partial charge in [-0.05, 0) is 19.8 Å². The molecule has 1 unspecified atom stereocenters. The highest BCUT2D eigenvalue weighted by Gasteiger charge is 2.14. The summed E-state index contributed by atoms with van der Waals surface area (Å²) in [6.07, 6.45) is 2.22. The molecule has 0 spiro atoms. The molecule has 0 aromatic rings. The predicted molar refractivity (Wildman–Crippen MR) is 51.0 cm³/mol. The third kappa shape index (κ3) is 4.58. The minimum Gasteiger partial charge on any atom is -0.464 e. The highest BCUT2D eigenvalue weighted by Crippen LogP contribution is 2.13. The molecular formula is C10H18O4. The molecule has 0 aliphatic carbocycles. The number of hydrogen-bond acceptors (Lipinski definition) is 4. The summed E-state index contributed by atoms with van der Waals surface area (Å²) in [5, 5.41) is 0. The molecule has 1 fully saturated rings. The van der Waals surface area contributed by atoms with Crippen LogP contribution < -0.4 is 0 Å². The number of ether oxygens (including phenoxy) is 3. The summed E-state index contributed by atoms with van der Waals surface area (Å²) >= 11 is 0. The van der Waals surface area contributed by atoms with Crippen molar-refractivity contribution in [2.45, 2.75) is 19.8 Å². The molecule has 82 valence electrons. The first kappa shape index (κ1) is 11.5. The zero-order valence-electron chi connectivity index (χ0n) is 8.66. The van der Waals surface area contributed by atoms with Crippen molar-refractivity contribution < 1.29 is 19.0 Å². The van der Waals surface area contributed by atoms with Crippen molar-refractivity contribution in [3.63, 3.8) is 0 Å². The average molecular weight is 202 g/mol. The Labute approximate surface area is 84.5 Å². The predicted octanol–water partition coefficient (Wildman–Crippen LogP) is 0.993. The van der Waals surface area contributed by atoms with E-state index in [0.717, 1.165) is 26.1 Å². The molecule has 1 aliphatic heterocycles. The molecule has 1 heterocycles. The Morgan fingerprint density at radius 2 is 2.43 bits per heavy atom. The minimum absolute atomic E-state index is 0.0599. The maximum absolute atomic E-state index is 10.9. The van der Waals surface area contributed by atoms with Gasteiger partial charge in [0.2, 0.25) is 0 Å². The van der Waals surface area contributed by atoms with Crippen LogP contribution in [-0.2, 0) is 19.0 Å². The van der Waals surface area contributed by atoms with E-state index in [0.29, 0.717) is 19.1 Å². The summed E-state index contributed by atoms with van der Waals surface area (Å²) in [5.74, 6) is 0.155. The van der Waals surface area contributed by atoms with E-state index >= 15 is 0 Å². The lowest BCUT2D eigenvalue weighted by Gasteiger charge is -2.21. The molecule has 1 aliphatic rings. The van der Waals surface area contributed by atoms with Gasteiger partial charge in [0.05, 0.1) is 19.8 Å². The summed E-state index contributed by atoms with van der Waals surface area (Å²) in [6, 6.07) is 0. The van der Waals surface area contributed by atoms with Gasteiger partial charge in [0, 0.05) is 12.5 Å². The van der Waals surface area contributed by atoms with Crippen LogP contribution in [0, 0.1) is 5.92 Å². The Hall–Kier alpha value is -0.610. The van der Waals surface area contributed by atoms with E-state index in [4.69, 9.17) is 14.2 Å². The SMILES string of the molecule is CCOC(=O)COCC1CCCOC1. The summed E-state index contributed by atoms with van der Waals surface area (Å²) in [6.45, 7) is 4.46. The Morgan fingerprint density at radius 1 is 1.57 bits per heavy atom. The fourth-order valence-electron chi connectivity index (χ4n) is 1.45. The topological polar surface area (TPSA) is 44.8 Å². The van der Waals surface area contributed by atoms with Gasteiger partial charge in [-0.15, -0.1) is 0 Å². The van der Waals surface area contributed by atoms with Gasteiger partial charge < -0.3 is 14.2 Å². The third-order valence-electron chi connectivity index (χ3n) is 2.13. The smallest absolute Gasteiger partial charge is 0.332 e. The second-order valence-corrected chi connectivity index (χ2v) is 3.40. The highest BCUT2D eigenvalue weighted by atomic mass is 16.6. The first-order valence-electron chi connectivity index (χ1n) is 5.14. The lowest BCUT2D eigenvalue weighted by Crippen LogP contribution is -2.23. The molecule has 0 aromatic heterocycles. The zero-order chi connectivity index (χ0) is 10.2. The monoisotopic (exact) mass is 202 g/mol. The third-order valence-corrected chi connectivity index (χ3v) is 2.13. The molecule has 4 nitrogen and oxygen atoms in total. The van der Waals surface area contributed by atoms with E-state index in [9.17, 15) is 4.79 Å². The van der Waals surface area contributed by atoms with Crippen molar-refractivity contribution in [1.29, 1.82) is 0 Å². The molecule has 0 radical (unpaired) electrons. The molecular weight excluding hydrogens is 184 g/mol. The van der Waals surface area contributed by atoms with Gasteiger partial charge in [0.1, 0.15) is 6.61 Å². The Balaban J connectivity index is 1.99. The van der Waals surface area contributed by atoms with E-state index in [1.54, 1.807) is 6.92 Å². The van der Waals surface area contributed by atoms with E-state index in [1.807, 2.05) is 0 Å². The summed E-state index contributed by atoms with van der Waals surface area (Å²) < 4.78 is 15.3. The van der Waals surface area contributed by atoms with Gasteiger partial charge in [-0.3, -0.25) is 0 Å². The fraction of sp³-hybridized carbons (Fsp3) is 0.900. The summed E-state index contributed by atoms with van der Waals surface area (Å²) in [5.41, 5.74) is 0. The summed E-state index contributed by atoms with van der Waals surface area (Å²) in [7, 11) is 0. The molecule has 1 atom stereocenters. The molecule has 14 heavy (non-hydrogen) atoms. The van der Waals surface area contributed by atoms with E-state index in [2.05, 4.69) is 0 Å². The van der Waals surface area contributed by atoms with Crippen LogP contribution in [0.15, 0.2) is 0 Å². The van der Waals surface area contributed by atoms with Crippen molar-refractivity contribution in [3.8, 4) is 0 Å². The number of rotatable bonds is 5. The molecule has 4 heteroatoms. The van der Waals surface area contributed by atoms with Gasteiger partial charge in [0.25, 0.3) is 0 Å². The maximum Gasteiger partial charge on any atom is 0.332 e. The van der Waals surface area contributed by atoms with Crippen LogP contribution in [0.25, 0.3) is 0 Å².